The van der Waals surface area contributed by atoms with Gasteiger partial charge < -0.3 is 21.3 Å². The number of aliphatic carboxylic acids is 2. The second kappa shape index (κ2) is 5.09. The van der Waals surface area contributed by atoms with E-state index in [0.717, 1.165) is 0 Å². The molecule has 0 rings (SSSR count). The van der Waals surface area contributed by atoms with Gasteiger partial charge in [0.2, 0.25) is 5.91 Å². The van der Waals surface area contributed by atoms with E-state index in [1.165, 1.54) is 0 Å². The largest absolute Gasteiger partial charge is 0.481 e. The van der Waals surface area contributed by atoms with Crippen LogP contribution in [0.25, 0.3) is 0 Å². The Morgan fingerprint density at radius 1 is 1.31 bits per heavy atom. The summed E-state index contributed by atoms with van der Waals surface area (Å²) >= 11 is 0. The summed E-state index contributed by atoms with van der Waals surface area (Å²) in [6, 6.07) is -1.42. The topological polar surface area (TPSA) is 130 Å². The number of rotatable bonds is 5. The zero-order valence-corrected chi connectivity index (χ0v) is 6.69. The van der Waals surface area contributed by atoms with Gasteiger partial charge in [0.05, 0.1) is 13.0 Å². The number of nitrogens with one attached hydrogen (secondary N) is 1. The van der Waals surface area contributed by atoms with Crippen molar-refractivity contribution in [3.05, 3.63) is 0 Å². The van der Waals surface area contributed by atoms with E-state index in [1.807, 2.05) is 5.32 Å². The first-order chi connectivity index (χ1) is 5.97. The molecule has 5 N–H and O–H groups in total. The van der Waals surface area contributed by atoms with Gasteiger partial charge in [-0.3, -0.25) is 9.59 Å². The lowest BCUT2D eigenvalue weighted by Gasteiger charge is -2.10. The molecule has 0 saturated carbocycles. The van der Waals surface area contributed by atoms with E-state index in [4.69, 9.17) is 15.9 Å². The number of hydrogen-bond donors (Lipinski definition) is 4. The molecule has 74 valence electrons. The van der Waals surface area contributed by atoms with Crippen LogP contribution in [-0.4, -0.2) is 40.6 Å². The van der Waals surface area contributed by atoms with Gasteiger partial charge in [-0.25, -0.2) is 4.79 Å². The van der Waals surface area contributed by atoms with E-state index >= 15 is 0 Å². The van der Waals surface area contributed by atoms with Crippen LogP contribution in [0.3, 0.4) is 0 Å². The second-order valence-electron chi connectivity index (χ2n) is 2.26. The number of nitrogens with two attached hydrogens (primary N) is 1. The molecule has 0 aliphatic heterocycles. The van der Waals surface area contributed by atoms with E-state index in [0.29, 0.717) is 0 Å². The van der Waals surface area contributed by atoms with Crippen LogP contribution < -0.4 is 11.1 Å². The number of hydrogen-bond acceptors (Lipinski definition) is 4. The molecule has 0 spiro atoms. The summed E-state index contributed by atoms with van der Waals surface area (Å²) in [5.41, 5.74) is 4.90. The summed E-state index contributed by atoms with van der Waals surface area (Å²) in [6.45, 7) is -0.372. The highest BCUT2D eigenvalue weighted by atomic mass is 16.4. The van der Waals surface area contributed by atoms with Crippen LogP contribution in [0.15, 0.2) is 0 Å². The van der Waals surface area contributed by atoms with Crippen LogP contribution in [0, 0.1) is 0 Å². The van der Waals surface area contributed by atoms with Gasteiger partial charge in [-0.05, 0) is 0 Å². The van der Waals surface area contributed by atoms with Crippen molar-refractivity contribution in [3.8, 4) is 0 Å². The molecule has 1 amide bonds. The maximum absolute atomic E-state index is 10.6. The van der Waals surface area contributed by atoms with Crippen LogP contribution in [0.1, 0.15) is 6.42 Å². The van der Waals surface area contributed by atoms with Crippen molar-refractivity contribution in [1.29, 1.82) is 0 Å². The quantitative estimate of drug-likeness (QED) is 0.396. The Hall–Kier alpha value is -1.63. The molecule has 0 bridgehead atoms. The normalized spacial score (nSPS) is 11.8. The first-order valence-corrected chi connectivity index (χ1v) is 3.41. The zero-order valence-electron chi connectivity index (χ0n) is 6.69. The molecular weight excluding hydrogens is 180 g/mol. The highest BCUT2D eigenvalue weighted by Crippen LogP contribution is 1.91. The monoisotopic (exact) mass is 190 g/mol. The third-order valence-electron chi connectivity index (χ3n) is 1.20. The average molecular weight is 190 g/mol. The van der Waals surface area contributed by atoms with Crippen molar-refractivity contribution < 1.29 is 24.6 Å². The Kier molecular flexibility index (Phi) is 4.45. The molecule has 7 nitrogen and oxygen atoms in total. The van der Waals surface area contributed by atoms with Crippen LogP contribution >= 0.6 is 0 Å². The molecule has 7 heteroatoms. The van der Waals surface area contributed by atoms with Gasteiger partial charge in [-0.2, -0.15) is 0 Å². The summed E-state index contributed by atoms with van der Waals surface area (Å²) in [7, 11) is 0. The standard InChI is InChI=1S/C6H10N2O5/c7-2-4(9)8-3(6(12)13)1-5(10)11/h3H,1-2,7H2,(H,8,9)(H,10,11)(H,12,13)/t3-/m1/s1. The Morgan fingerprint density at radius 3 is 2.15 bits per heavy atom. The molecular formula is C6H10N2O5. The highest BCUT2D eigenvalue weighted by molar-refractivity contribution is 5.87. The molecule has 0 radical (unpaired) electrons. The van der Waals surface area contributed by atoms with Crippen molar-refractivity contribution >= 4 is 17.8 Å². The molecule has 0 aromatic heterocycles. The van der Waals surface area contributed by atoms with E-state index in [9.17, 15) is 14.4 Å². The fourth-order valence-corrected chi connectivity index (χ4v) is 0.628. The number of amides is 1. The third-order valence-corrected chi connectivity index (χ3v) is 1.20. The molecule has 0 aromatic rings. The lowest BCUT2D eigenvalue weighted by molar-refractivity contribution is -0.147. The summed E-state index contributed by atoms with van der Waals surface area (Å²) < 4.78 is 0. The molecule has 0 aliphatic carbocycles. The van der Waals surface area contributed by atoms with Gasteiger partial charge in [0.25, 0.3) is 0 Å². The van der Waals surface area contributed by atoms with E-state index in [-0.39, 0.29) is 6.54 Å². The Balaban J connectivity index is 4.18. The maximum atomic E-state index is 10.6. The minimum Gasteiger partial charge on any atom is -0.481 e. The predicted molar refractivity (Wildman–Crippen MR) is 40.9 cm³/mol. The van der Waals surface area contributed by atoms with Crippen molar-refractivity contribution in [1.82, 2.24) is 5.32 Å². The first kappa shape index (κ1) is 11.4. The first-order valence-electron chi connectivity index (χ1n) is 3.41. The molecule has 0 aromatic carbocycles. The van der Waals surface area contributed by atoms with Gasteiger partial charge in [0, 0.05) is 0 Å². The molecule has 0 unspecified atom stereocenters. The Morgan fingerprint density at radius 2 is 1.85 bits per heavy atom. The molecule has 0 aliphatic rings. The van der Waals surface area contributed by atoms with Crippen molar-refractivity contribution in [3.63, 3.8) is 0 Å². The van der Waals surface area contributed by atoms with Crippen LogP contribution in [0.2, 0.25) is 0 Å². The number of carbonyl (C=O) groups excluding carboxylic acids is 1. The SMILES string of the molecule is NCC(=O)N[C@H](CC(=O)O)C(=O)O. The van der Waals surface area contributed by atoms with E-state index in [1.54, 1.807) is 0 Å². The maximum Gasteiger partial charge on any atom is 0.326 e. The molecule has 0 heterocycles. The van der Waals surface area contributed by atoms with Crippen LogP contribution in [0.5, 0.6) is 0 Å². The predicted octanol–water partition coefficient (Wildman–Crippen LogP) is -2.01. The highest BCUT2D eigenvalue weighted by Gasteiger charge is 2.22. The van der Waals surface area contributed by atoms with Crippen LogP contribution in [-0.2, 0) is 14.4 Å². The number of carboxylic acids is 2. The molecule has 0 fully saturated rings. The number of carboxylic acid groups (broad SMARTS) is 2. The third kappa shape index (κ3) is 4.75. The average Bonchev–Trinajstić information content (AvgIpc) is 2.02. The lowest BCUT2D eigenvalue weighted by atomic mass is 10.2. The Labute approximate surface area is 73.5 Å². The summed E-state index contributed by atoms with van der Waals surface area (Å²) in [5, 5.41) is 18.7. The Bertz CT molecular complexity index is 227. The molecule has 13 heavy (non-hydrogen) atoms. The van der Waals surface area contributed by atoms with Crippen LogP contribution in [0.4, 0.5) is 0 Å². The van der Waals surface area contributed by atoms with Gasteiger partial charge in [0.1, 0.15) is 6.04 Å². The fourth-order valence-electron chi connectivity index (χ4n) is 0.628. The summed E-state index contributed by atoms with van der Waals surface area (Å²) in [6.07, 6.45) is -0.666. The molecule has 1 atom stereocenters. The van der Waals surface area contributed by atoms with E-state index in [2.05, 4.69) is 0 Å². The summed E-state index contributed by atoms with van der Waals surface area (Å²) in [4.78, 5) is 31.1. The van der Waals surface area contributed by atoms with Gasteiger partial charge in [0.15, 0.2) is 0 Å². The number of carbonyl (C=O) groups is 3. The van der Waals surface area contributed by atoms with Crippen molar-refractivity contribution in [2.45, 2.75) is 12.5 Å². The minimum atomic E-state index is -1.42. The van der Waals surface area contributed by atoms with Gasteiger partial charge >= 0.3 is 11.9 Å². The van der Waals surface area contributed by atoms with Crippen molar-refractivity contribution in [2.24, 2.45) is 5.73 Å². The van der Waals surface area contributed by atoms with Gasteiger partial charge in [-0.15, -0.1) is 0 Å². The van der Waals surface area contributed by atoms with E-state index < -0.39 is 30.3 Å². The lowest BCUT2D eigenvalue weighted by Crippen LogP contribution is -2.44. The van der Waals surface area contributed by atoms with Gasteiger partial charge in [-0.1, -0.05) is 0 Å². The fraction of sp³-hybridized carbons (Fsp3) is 0.500. The minimum absolute atomic E-state index is 0.372. The second-order valence-corrected chi connectivity index (χ2v) is 2.26. The molecule has 0 saturated heterocycles. The van der Waals surface area contributed by atoms with Crippen molar-refractivity contribution in [2.75, 3.05) is 6.54 Å². The smallest absolute Gasteiger partial charge is 0.326 e. The summed E-state index contributed by atoms with van der Waals surface area (Å²) in [5.74, 6) is -3.40. The zero-order chi connectivity index (χ0) is 10.4.